The summed E-state index contributed by atoms with van der Waals surface area (Å²) in [5, 5.41) is 0.823. The second kappa shape index (κ2) is 4.00. The van der Waals surface area contributed by atoms with Gasteiger partial charge in [-0.05, 0) is 36.5 Å². The van der Waals surface area contributed by atoms with Gasteiger partial charge in [0.05, 0.1) is 0 Å². The number of nitrogens with two attached hydrogens (primary N) is 2. The Hall–Kier alpha value is -2.49. The molecule has 0 aliphatic heterocycles. The molecule has 0 radical (unpaired) electrons. The fourth-order valence-corrected chi connectivity index (χ4v) is 2.62. The molecule has 1 aliphatic carbocycles. The molecule has 2 aromatic heterocycles. The number of benzene rings is 1. The Balaban J connectivity index is 1.93. The smallest absolute Gasteiger partial charge is 0.214 e. The molecule has 4 heteroatoms. The van der Waals surface area contributed by atoms with Crippen LogP contribution in [0.15, 0.2) is 40.9 Å². The highest BCUT2D eigenvalue weighted by atomic mass is 16.3. The largest absolute Gasteiger partial charge is 0.436 e. The van der Waals surface area contributed by atoms with Crippen LogP contribution in [0.3, 0.4) is 0 Å². The first kappa shape index (κ1) is 11.3. The summed E-state index contributed by atoms with van der Waals surface area (Å²) in [6, 6.07) is 10.3. The number of furan rings is 1. The fraction of sp³-hybridized carbons (Fsp3) is 0.188. The van der Waals surface area contributed by atoms with Gasteiger partial charge in [-0.25, -0.2) is 0 Å². The molecule has 0 saturated heterocycles. The Morgan fingerprint density at radius 1 is 1.15 bits per heavy atom. The lowest BCUT2D eigenvalue weighted by Gasteiger charge is -2.04. The van der Waals surface area contributed by atoms with Crippen molar-refractivity contribution >= 4 is 22.5 Å². The third kappa shape index (κ3) is 1.65. The molecule has 20 heavy (non-hydrogen) atoms. The van der Waals surface area contributed by atoms with Crippen LogP contribution in [0, 0.1) is 0 Å². The Kier molecular flexibility index (Phi) is 2.27. The van der Waals surface area contributed by atoms with Crippen LogP contribution in [-0.4, -0.2) is 4.98 Å². The van der Waals surface area contributed by atoms with E-state index in [2.05, 4.69) is 23.2 Å². The molecule has 4 rings (SSSR count). The molecule has 1 aromatic carbocycles. The van der Waals surface area contributed by atoms with Gasteiger partial charge in [0.25, 0.3) is 0 Å². The average Bonchev–Trinajstić information content (AvgIpc) is 3.27. The lowest BCUT2D eigenvalue weighted by atomic mass is 10.0. The van der Waals surface area contributed by atoms with E-state index in [0.717, 1.165) is 16.6 Å². The molecule has 4 N–H and O–H groups in total. The molecule has 0 unspecified atom stereocenters. The molecule has 1 fully saturated rings. The summed E-state index contributed by atoms with van der Waals surface area (Å²) in [6.07, 6.45) is 4.30. The van der Waals surface area contributed by atoms with Crippen molar-refractivity contribution < 1.29 is 4.42 Å². The minimum absolute atomic E-state index is 0.257. The van der Waals surface area contributed by atoms with Crippen LogP contribution < -0.4 is 11.5 Å². The van der Waals surface area contributed by atoms with Gasteiger partial charge in [-0.15, -0.1) is 0 Å². The van der Waals surface area contributed by atoms with Gasteiger partial charge in [0, 0.05) is 17.1 Å². The number of nitrogens with zero attached hydrogens (tertiary/aromatic N) is 1. The molecular formula is C16H15N3O. The molecule has 0 atom stereocenters. The van der Waals surface area contributed by atoms with Crippen LogP contribution in [0.25, 0.3) is 22.2 Å². The maximum absolute atomic E-state index is 5.93. The predicted octanol–water partition coefficient (Wildman–Crippen LogP) is 3.54. The van der Waals surface area contributed by atoms with E-state index in [1.54, 1.807) is 6.20 Å². The zero-order chi connectivity index (χ0) is 13.7. The Labute approximate surface area is 116 Å². The maximum atomic E-state index is 5.93. The monoisotopic (exact) mass is 265 g/mol. The highest BCUT2D eigenvalue weighted by Crippen LogP contribution is 2.42. The molecule has 1 aliphatic rings. The number of hydrogen-bond donors (Lipinski definition) is 2. The molecule has 1 saturated carbocycles. The van der Waals surface area contributed by atoms with E-state index in [9.17, 15) is 0 Å². The molecule has 3 aromatic rings. The SMILES string of the molecule is Nc1oc2c(-c3cccc(C4CC4)c3)nccc2c1N. The van der Waals surface area contributed by atoms with E-state index in [-0.39, 0.29) is 5.88 Å². The van der Waals surface area contributed by atoms with Gasteiger partial charge in [0.1, 0.15) is 11.4 Å². The van der Waals surface area contributed by atoms with Crippen molar-refractivity contribution in [2.45, 2.75) is 18.8 Å². The second-order valence-electron chi connectivity index (χ2n) is 5.32. The Morgan fingerprint density at radius 3 is 2.80 bits per heavy atom. The zero-order valence-corrected chi connectivity index (χ0v) is 11.0. The lowest BCUT2D eigenvalue weighted by Crippen LogP contribution is -1.89. The van der Waals surface area contributed by atoms with Crippen LogP contribution >= 0.6 is 0 Å². The highest BCUT2D eigenvalue weighted by Gasteiger charge is 2.24. The summed E-state index contributed by atoms with van der Waals surface area (Å²) in [6.45, 7) is 0. The van der Waals surface area contributed by atoms with Gasteiger partial charge >= 0.3 is 0 Å². The lowest BCUT2D eigenvalue weighted by molar-refractivity contribution is 0.638. The van der Waals surface area contributed by atoms with Crippen LogP contribution in [0.5, 0.6) is 0 Å². The topological polar surface area (TPSA) is 78.1 Å². The van der Waals surface area contributed by atoms with Gasteiger partial charge in [0.2, 0.25) is 5.88 Å². The van der Waals surface area contributed by atoms with E-state index in [4.69, 9.17) is 15.9 Å². The van der Waals surface area contributed by atoms with E-state index in [1.165, 1.54) is 18.4 Å². The van der Waals surface area contributed by atoms with Crippen LogP contribution in [0.1, 0.15) is 24.3 Å². The Bertz CT molecular complexity index is 803. The number of rotatable bonds is 2. The van der Waals surface area contributed by atoms with Gasteiger partial charge in [-0.3, -0.25) is 4.98 Å². The van der Waals surface area contributed by atoms with Gasteiger partial charge in [0.15, 0.2) is 5.58 Å². The van der Waals surface area contributed by atoms with Gasteiger partial charge < -0.3 is 15.9 Å². The van der Waals surface area contributed by atoms with Crippen molar-refractivity contribution in [3.63, 3.8) is 0 Å². The molecule has 0 amide bonds. The van der Waals surface area contributed by atoms with Crippen molar-refractivity contribution in [1.29, 1.82) is 0 Å². The fourth-order valence-electron chi connectivity index (χ4n) is 2.62. The van der Waals surface area contributed by atoms with Crippen molar-refractivity contribution in [3.8, 4) is 11.3 Å². The van der Waals surface area contributed by atoms with E-state index in [1.807, 2.05) is 12.1 Å². The maximum Gasteiger partial charge on any atom is 0.214 e. The minimum Gasteiger partial charge on any atom is -0.436 e. The van der Waals surface area contributed by atoms with Crippen LogP contribution in [0.2, 0.25) is 0 Å². The first-order valence-corrected chi connectivity index (χ1v) is 6.77. The number of hydrogen-bond acceptors (Lipinski definition) is 4. The number of anilines is 2. The quantitative estimate of drug-likeness (QED) is 0.743. The molecule has 0 bridgehead atoms. The van der Waals surface area contributed by atoms with E-state index >= 15 is 0 Å². The third-order valence-electron chi connectivity index (χ3n) is 3.88. The number of aromatic nitrogens is 1. The third-order valence-corrected chi connectivity index (χ3v) is 3.88. The second-order valence-corrected chi connectivity index (χ2v) is 5.32. The summed E-state index contributed by atoms with van der Waals surface area (Å²) >= 11 is 0. The molecular weight excluding hydrogens is 250 g/mol. The van der Waals surface area contributed by atoms with Gasteiger partial charge in [-0.1, -0.05) is 18.2 Å². The van der Waals surface area contributed by atoms with Crippen LogP contribution in [0.4, 0.5) is 11.6 Å². The standard InChI is InChI=1S/C16H15N3O/c17-13-12-6-7-19-14(15(12)20-16(13)18)11-3-1-2-10(8-11)9-4-5-9/h1-3,6-9H,4-5,17-18H2. The number of fused-ring (bicyclic) bond motifs is 1. The summed E-state index contributed by atoms with van der Waals surface area (Å²) < 4.78 is 5.59. The van der Waals surface area contributed by atoms with Crippen molar-refractivity contribution in [3.05, 3.63) is 42.1 Å². The molecule has 0 spiro atoms. The first-order chi connectivity index (χ1) is 9.74. The highest BCUT2D eigenvalue weighted by molar-refractivity contribution is 6.01. The molecule has 4 nitrogen and oxygen atoms in total. The van der Waals surface area contributed by atoms with Crippen molar-refractivity contribution in [2.75, 3.05) is 11.5 Å². The first-order valence-electron chi connectivity index (χ1n) is 6.77. The summed E-state index contributed by atoms with van der Waals surface area (Å²) in [7, 11) is 0. The van der Waals surface area contributed by atoms with Gasteiger partial charge in [-0.2, -0.15) is 0 Å². The Morgan fingerprint density at radius 2 is 2.00 bits per heavy atom. The predicted molar refractivity (Wildman–Crippen MR) is 80.2 cm³/mol. The number of pyridine rings is 1. The van der Waals surface area contributed by atoms with E-state index in [0.29, 0.717) is 17.2 Å². The van der Waals surface area contributed by atoms with Crippen molar-refractivity contribution in [1.82, 2.24) is 4.98 Å². The van der Waals surface area contributed by atoms with E-state index < -0.39 is 0 Å². The number of nitrogen functional groups attached to an aromatic ring is 2. The zero-order valence-electron chi connectivity index (χ0n) is 11.0. The van der Waals surface area contributed by atoms with Crippen LogP contribution in [-0.2, 0) is 0 Å². The summed E-state index contributed by atoms with van der Waals surface area (Å²) in [5.41, 5.74) is 16.1. The average molecular weight is 265 g/mol. The van der Waals surface area contributed by atoms with Crippen molar-refractivity contribution in [2.24, 2.45) is 0 Å². The molecule has 2 heterocycles. The molecule has 100 valence electrons. The summed E-state index contributed by atoms with van der Waals surface area (Å²) in [5.74, 6) is 0.966. The normalized spacial score (nSPS) is 14.8. The summed E-state index contributed by atoms with van der Waals surface area (Å²) in [4.78, 5) is 4.45. The minimum atomic E-state index is 0.257.